The Bertz CT molecular complexity index is 599. The number of fused-ring (bicyclic) bond motifs is 1. The first kappa shape index (κ1) is 17.0. The van der Waals surface area contributed by atoms with Crippen molar-refractivity contribution in [3.63, 3.8) is 0 Å². The lowest BCUT2D eigenvalue weighted by molar-refractivity contribution is -0.900. The van der Waals surface area contributed by atoms with E-state index in [4.69, 9.17) is 14.2 Å². The molecule has 6 heteroatoms. The number of hydrogen-bond acceptors (Lipinski definition) is 4. The third-order valence-electron chi connectivity index (χ3n) is 5.11. The van der Waals surface area contributed by atoms with Gasteiger partial charge < -0.3 is 24.0 Å². The summed E-state index contributed by atoms with van der Waals surface area (Å²) in [5.41, 5.74) is 2.40. The van der Waals surface area contributed by atoms with Gasteiger partial charge in [0.05, 0.1) is 33.5 Å². The Labute approximate surface area is 143 Å². The molecule has 1 atom stereocenters. The van der Waals surface area contributed by atoms with Crippen LogP contribution in [0, 0.1) is 0 Å². The lowest BCUT2D eigenvalue weighted by Gasteiger charge is -2.36. The topological polar surface area (TPSA) is 52.4 Å². The van der Waals surface area contributed by atoms with Crippen molar-refractivity contribution < 1.29 is 23.9 Å². The number of quaternary nitrogens is 1. The van der Waals surface area contributed by atoms with Gasteiger partial charge in [-0.25, -0.2) is 0 Å². The van der Waals surface area contributed by atoms with E-state index in [1.54, 1.807) is 14.2 Å². The van der Waals surface area contributed by atoms with Crippen molar-refractivity contribution in [2.24, 2.45) is 0 Å². The van der Waals surface area contributed by atoms with Crippen molar-refractivity contribution in [2.45, 2.75) is 19.4 Å². The Balaban J connectivity index is 1.75. The average Bonchev–Trinajstić information content (AvgIpc) is 2.61. The first-order chi connectivity index (χ1) is 11.6. The van der Waals surface area contributed by atoms with Gasteiger partial charge in [0, 0.05) is 6.54 Å². The van der Waals surface area contributed by atoms with Crippen LogP contribution in [0.3, 0.4) is 0 Å². The summed E-state index contributed by atoms with van der Waals surface area (Å²) in [7, 11) is 3.29. The van der Waals surface area contributed by atoms with Crippen molar-refractivity contribution in [3.05, 3.63) is 23.3 Å². The maximum Gasteiger partial charge on any atom is 0.278 e. The maximum absolute atomic E-state index is 12.8. The molecule has 0 unspecified atom stereocenters. The molecule has 1 aromatic rings. The number of ether oxygens (including phenoxy) is 3. The summed E-state index contributed by atoms with van der Waals surface area (Å²) in [4.78, 5) is 16.1. The van der Waals surface area contributed by atoms with Gasteiger partial charge in [0.15, 0.2) is 18.0 Å². The second-order valence-corrected chi connectivity index (χ2v) is 6.46. The average molecular weight is 335 g/mol. The zero-order valence-corrected chi connectivity index (χ0v) is 14.8. The molecule has 2 aliphatic heterocycles. The number of morpholine rings is 1. The summed E-state index contributed by atoms with van der Waals surface area (Å²) in [6.07, 6.45) is 0.851. The van der Waals surface area contributed by atoms with Crippen molar-refractivity contribution in [2.75, 3.05) is 53.6 Å². The number of nitrogens with one attached hydrogen (secondary N) is 1. The fourth-order valence-corrected chi connectivity index (χ4v) is 3.64. The molecule has 1 fully saturated rings. The van der Waals surface area contributed by atoms with Crippen molar-refractivity contribution in [1.29, 1.82) is 0 Å². The highest BCUT2D eigenvalue weighted by Crippen LogP contribution is 2.37. The van der Waals surface area contributed by atoms with E-state index in [9.17, 15) is 4.79 Å². The molecule has 1 saturated heterocycles. The highest BCUT2D eigenvalue weighted by molar-refractivity contribution is 5.78. The standard InChI is InChI=1S/C18H26N2O4/c1-13-15-11-17(23-3)16(22-2)10-14(15)4-5-20(13)18(21)12-19-6-8-24-9-7-19/h10-11,13H,4-9,12H2,1-3H3/p+1/t13-/m0/s1. The predicted octanol–water partition coefficient (Wildman–Crippen LogP) is 0.0646. The first-order valence-electron chi connectivity index (χ1n) is 8.59. The molecule has 0 saturated carbocycles. The van der Waals surface area contributed by atoms with E-state index in [0.717, 1.165) is 56.3 Å². The van der Waals surface area contributed by atoms with Crippen LogP contribution in [0.25, 0.3) is 0 Å². The van der Waals surface area contributed by atoms with Crippen LogP contribution in [0.1, 0.15) is 24.1 Å². The van der Waals surface area contributed by atoms with E-state index in [1.807, 2.05) is 17.0 Å². The van der Waals surface area contributed by atoms with Crippen LogP contribution in [0.4, 0.5) is 0 Å². The molecule has 2 aliphatic rings. The molecule has 1 amide bonds. The van der Waals surface area contributed by atoms with Crippen molar-refractivity contribution >= 4 is 5.91 Å². The Morgan fingerprint density at radius 1 is 1.25 bits per heavy atom. The summed E-state index contributed by atoms with van der Waals surface area (Å²) in [5, 5.41) is 0. The summed E-state index contributed by atoms with van der Waals surface area (Å²) in [5.74, 6) is 1.69. The highest BCUT2D eigenvalue weighted by atomic mass is 16.5. The van der Waals surface area contributed by atoms with Crippen LogP contribution in [0.5, 0.6) is 11.5 Å². The molecule has 0 aromatic heterocycles. The van der Waals surface area contributed by atoms with Gasteiger partial charge in [-0.2, -0.15) is 0 Å². The minimum Gasteiger partial charge on any atom is -0.493 e. The smallest absolute Gasteiger partial charge is 0.278 e. The SMILES string of the molecule is COc1cc2c(cc1OC)[C@H](C)N(C(=O)C[NH+]1CCOCC1)CC2. The number of hydrogen-bond donors (Lipinski definition) is 1. The quantitative estimate of drug-likeness (QED) is 0.846. The fourth-order valence-electron chi connectivity index (χ4n) is 3.64. The Hall–Kier alpha value is -1.79. The molecule has 0 spiro atoms. The third kappa shape index (κ3) is 3.35. The highest BCUT2D eigenvalue weighted by Gasteiger charge is 2.31. The largest absolute Gasteiger partial charge is 0.493 e. The third-order valence-corrected chi connectivity index (χ3v) is 5.11. The summed E-state index contributed by atoms with van der Waals surface area (Å²) < 4.78 is 16.2. The number of amides is 1. The molecule has 0 bridgehead atoms. The normalized spacial score (nSPS) is 21.3. The number of carbonyl (C=O) groups excluding carboxylic acids is 1. The second-order valence-electron chi connectivity index (χ2n) is 6.46. The molecular formula is C18H27N2O4+. The van der Waals surface area contributed by atoms with Crippen LogP contribution >= 0.6 is 0 Å². The molecule has 6 nitrogen and oxygen atoms in total. The lowest BCUT2D eigenvalue weighted by atomic mass is 9.92. The Kier molecular flexibility index (Phi) is 5.26. The lowest BCUT2D eigenvalue weighted by Crippen LogP contribution is -3.15. The van der Waals surface area contributed by atoms with E-state index in [0.29, 0.717) is 6.54 Å². The van der Waals surface area contributed by atoms with E-state index in [1.165, 1.54) is 10.5 Å². The van der Waals surface area contributed by atoms with Crippen LogP contribution in [-0.4, -0.2) is 64.4 Å². The molecule has 0 aliphatic carbocycles. The predicted molar refractivity (Wildman–Crippen MR) is 89.8 cm³/mol. The van der Waals surface area contributed by atoms with E-state index in [-0.39, 0.29) is 11.9 Å². The zero-order chi connectivity index (χ0) is 17.1. The molecular weight excluding hydrogens is 308 g/mol. The van der Waals surface area contributed by atoms with Gasteiger partial charge in [-0.05, 0) is 36.6 Å². The van der Waals surface area contributed by atoms with Crippen LogP contribution < -0.4 is 14.4 Å². The number of benzene rings is 1. The summed E-state index contributed by atoms with van der Waals surface area (Å²) in [6, 6.07) is 4.11. The van der Waals surface area contributed by atoms with Gasteiger partial charge in [0.25, 0.3) is 5.91 Å². The summed E-state index contributed by atoms with van der Waals surface area (Å²) in [6.45, 7) is 6.72. The number of methoxy groups -OCH3 is 2. The van der Waals surface area contributed by atoms with Gasteiger partial charge in [0.1, 0.15) is 13.1 Å². The Morgan fingerprint density at radius 3 is 2.58 bits per heavy atom. The van der Waals surface area contributed by atoms with Gasteiger partial charge in [0.2, 0.25) is 0 Å². The van der Waals surface area contributed by atoms with E-state index in [2.05, 4.69) is 6.92 Å². The number of nitrogens with zero attached hydrogens (tertiary/aromatic N) is 1. The van der Waals surface area contributed by atoms with Gasteiger partial charge in [-0.1, -0.05) is 0 Å². The monoisotopic (exact) mass is 335 g/mol. The van der Waals surface area contributed by atoms with Gasteiger partial charge in [-0.15, -0.1) is 0 Å². The molecule has 0 radical (unpaired) electrons. The maximum atomic E-state index is 12.8. The first-order valence-corrected chi connectivity index (χ1v) is 8.59. The van der Waals surface area contributed by atoms with E-state index >= 15 is 0 Å². The molecule has 1 N–H and O–H groups in total. The van der Waals surface area contributed by atoms with Crippen molar-refractivity contribution in [3.8, 4) is 11.5 Å². The van der Waals surface area contributed by atoms with Crippen LogP contribution in [0.2, 0.25) is 0 Å². The summed E-state index contributed by atoms with van der Waals surface area (Å²) >= 11 is 0. The minimum atomic E-state index is 0.0569. The van der Waals surface area contributed by atoms with Gasteiger partial charge in [-0.3, -0.25) is 4.79 Å². The molecule has 132 valence electrons. The molecule has 2 heterocycles. The number of carbonyl (C=O) groups is 1. The molecule has 24 heavy (non-hydrogen) atoms. The van der Waals surface area contributed by atoms with Crippen LogP contribution in [0.15, 0.2) is 12.1 Å². The zero-order valence-electron chi connectivity index (χ0n) is 14.8. The van der Waals surface area contributed by atoms with Crippen LogP contribution in [-0.2, 0) is 16.0 Å². The molecule has 3 rings (SSSR count). The number of rotatable bonds is 4. The van der Waals surface area contributed by atoms with E-state index < -0.39 is 0 Å². The molecule has 1 aromatic carbocycles. The van der Waals surface area contributed by atoms with Gasteiger partial charge >= 0.3 is 0 Å². The second kappa shape index (κ2) is 7.40. The minimum absolute atomic E-state index is 0.0569. The fraction of sp³-hybridized carbons (Fsp3) is 0.611. The van der Waals surface area contributed by atoms with Crippen molar-refractivity contribution in [1.82, 2.24) is 4.90 Å². The Morgan fingerprint density at radius 2 is 1.92 bits per heavy atom.